The Morgan fingerprint density at radius 1 is 1.32 bits per heavy atom. The Bertz CT molecular complexity index is 656. The van der Waals surface area contributed by atoms with Gasteiger partial charge in [0.05, 0.1) is 5.69 Å². The molecule has 0 spiro atoms. The average molecular weight is 391 g/mol. The third-order valence-corrected chi connectivity index (χ3v) is 6.24. The second-order valence-electron chi connectivity index (χ2n) is 8.66. The van der Waals surface area contributed by atoms with Gasteiger partial charge in [0.25, 0.3) is 0 Å². The third-order valence-electron chi connectivity index (χ3n) is 6.24. The third kappa shape index (κ3) is 4.69. The molecule has 0 atom stereocenters. The molecule has 158 valence electrons. The molecule has 0 radical (unpaired) electrons. The first-order valence-corrected chi connectivity index (χ1v) is 10.7. The SMILES string of the molecule is CN=C(NCC1(N2CCCC2)CCOCC1)N(C)Cc1cn(C)nc1C(C)C. The largest absolute Gasteiger partial charge is 0.381 e. The molecule has 0 amide bonds. The smallest absolute Gasteiger partial charge is 0.193 e. The fraction of sp³-hybridized carbons (Fsp3) is 0.810. The van der Waals surface area contributed by atoms with Gasteiger partial charge in [-0.15, -0.1) is 0 Å². The Labute approximate surface area is 170 Å². The molecule has 0 bridgehead atoms. The molecule has 3 rings (SSSR count). The molecule has 2 saturated heterocycles. The van der Waals surface area contributed by atoms with E-state index in [0.29, 0.717) is 5.92 Å². The standard InChI is InChI=1S/C21H38N6O/c1-17(2)19-18(15-26(5)24-19)14-25(4)20(22-3)23-16-21(8-12-28-13-9-21)27-10-6-7-11-27/h15,17H,6-14,16H2,1-5H3,(H,22,23). The molecule has 1 aromatic rings. The summed E-state index contributed by atoms with van der Waals surface area (Å²) in [7, 11) is 5.98. The Morgan fingerprint density at radius 3 is 2.61 bits per heavy atom. The Balaban J connectivity index is 1.66. The normalized spacial score (nSPS) is 20.7. The van der Waals surface area contributed by atoms with Crippen molar-refractivity contribution in [1.82, 2.24) is 24.9 Å². The summed E-state index contributed by atoms with van der Waals surface area (Å²) >= 11 is 0. The Hall–Kier alpha value is -1.60. The van der Waals surface area contributed by atoms with Gasteiger partial charge < -0.3 is 15.0 Å². The predicted octanol–water partition coefficient (Wildman–Crippen LogP) is 2.20. The molecule has 0 saturated carbocycles. The van der Waals surface area contributed by atoms with Crippen LogP contribution in [0.1, 0.15) is 56.7 Å². The van der Waals surface area contributed by atoms with Gasteiger partial charge in [-0.2, -0.15) is 5.10 Å². The number of likely N-dealkylation sites (tertiary alicyclic amines) is 1. The molecule has 1 aromatic heterocycles. The lowest BCUT2D eigenvalue weighted by Gasteiger charge is -2.45. The highest BCUT2D eigenvalue weighted by Crippen LogP contribution is 2.30. The Morgan fingerprint density at radius 2 is 2.00 bits per heavy atom. The summed E-state index contributed by atoms with van der Waals surface area (Å²) in [6.45, 7) is 10.3. The van der Waals surface area contributed by atoms with Gasteiger partial charge in [0.1, 0.15) is 0 Å². The lowest BCUT2D eigenvalue weighted by molar-refractivity contribution is -0.0166. The molecule has 0 aromatic carbocycles. The number of ether oxygens (including phenoxy) is 1. The number of nitrogens with zero attached hydrogens (tertiary/aromatic N) is 5. The highest BCUT2D eigenvalue weighted by Gasteiger charge is 2.39. The molecule has 28 heavy (non-hydrogen) atoms. The quantitative estimate of drug-likeness (QED) is 0.596. The van der Waals surface area contributed by atoms with Crippen LogP contribution in [0.15, 0.2) is 11.2 Å². The number of hydrogen-bond acceptors (Lipinski definition) is 4. The molecule has 1 N–H and O–H groups in total. The first-order valence-electron chi connectivity index (χ1n) is 10.7. The fourth-order valence-electron chi connectivity index (χ4n) is 4.67. The number of rotatable bonds is 6. The second-order valence-corrected chi connectivity index (χ2v) is 8.66. The lowest BCUT2D eigenvalue weighted by Crippen LogP contribution is -2.58. The van der Waals surface area contributed by atoms with Gasteiger partial charge in [-0.25, -0.2) is 0 Å². The molecule has 3 heterocycles. The van der Waals surface area contributed by atoms with E-state index in [2.05, 4.69) is 52.3 Å². The summed E-state index contributed by atoms with van der Waals surface area (Å²) < 4.78 is 7.59. The summed E-state index contributed by atoms with van der Waals surface area (Å²) in [5, 5.41) is 8.32. The topological polar surface area (TPSA) is 57.9 Å². The maximum absolute atomic E-state index is 5.68. The van der Waals surface area contributed by atoms with Crippen LogP contribution in [-0.4, -0.2) is 78.0 Å². The van der Waals surface area contributed by atoms with Crippen LogP contribution in [0.5, 0.6) is 0 Å². The maximum Gasteiger partial charge on any atom is 0.193 e. The number of aromatic nitrogens is 2. The number of guanidine groups is 1. The Kier molecular flexibility index (Phi) is 6.99. The minimum atomic E-state index is 0.197. The van der Waals surface area contributed by atoms with E-state index in [0.717, 1.165) is 45.1 Å². The van der Waals surface area contributed by atoms with E-state index in [4.69, 9.17) is 4.74 Å². The lowest BCUT2D eigenvalue weighted by atomic mass is 9.88. The molecular formula is C21H38N6O. The van der Waals surface area contributed by atoms with Crippen molar-refractivity contribution in [2.24, 2.45) is 12.0 Å². The first-order chi connectivity index (χ1) is 13.4. The van der Waals surface area contributed by atoms with Crippen molar-refractivity contribution in [2.75, 3.05) is 46.9 Å². The van der Waals surface area contributed by atoms with Crippen LogP contribution in [0.3, 0.4) is 0 Å². The van der Waals surface area contributed by atoms with Gasteiger partial charge in [-0.1, -0.05) is 13.8 Å². The predicted molar refractivity (Wildman–Crippen MR) is 114 cm³/mol. The zero-order valence-corrected chi connectivity index (χ0v) is 18.4. The maximum atomic E-state index is 5.68. The van der Waals surface area contributed by atoms with Crippen molar-refractivity contribution in [3.05, 3.63) is 17.5 Å². The molecular weight excluding hydrogens is 352 g/mol. The minimum Gasteiger partial charge on any atom is -0.381 e. The van der Waals surface area contributed by atoms with E-state index < -0.39 is 0 Å². The zero-order valence-electron chi connectivity index (χ0n) is 18.4. The van der Waals surface area contributed by atoms with E-state index >= 15 is 0 Å². The summed E-state index contributed by atoms with van der Waals surface area (Å²) in [6, 6.07) is 0. The van der Waals surface area contributed by atoms with Gasteiger partial charge in [0.15, 0.2) is 5.96 Å². The molecule has 2 aliphatic rings. The fourth-order valence-corrected chi connectivity index (χ4v) is 4.67. The van der Waals surface area contributed by atoms with E-state index in [1.165, 1.54) is 37.2 Å². The highest BCUT2D eigenvalue weighted by molar-refractivity contribution is 5.79. The van der Waals surface area contributed by atoms with Crippen LogP contribution in [0.4, 0.5) is 0 Å². The van der Waals surface area contributed by atoms with Crippen molar-refractivity contribution in [2.45, 2.75) is 57.5 Å². The van der Waals surface area contributed by atoms with Crippen molar-refractivity contribution < 1.29 is 4.74 Å². The van der Waals surface area contributed by atoms with Gasteiger partial charge in [-0.05, 0) is 44.7 Å². The minimum absolute atomic E-state index is 0.197. The van der Waals surface area contributed by atoms with Crippen molar-refractivity contribution >= 4 is 5.96 Å². The second kappa shape index (κ2) is 9.27. The molecule has 2 aliphatic heterocycles. The molecule has 0 unspecified atom stereocenters. The van der Waals surface area contributed by atoms with Gasteiger partial charge in [0.2, 0.25) is 0 Å². The molecule has 0 aliphatic carbocycles. The molecule has 7 heteroatoms. The summed E-state index contributed by atoms with van der Waals surface area (Å²) in [5.41, 5.74) is 2.63. The summed E-state index contributed by atoms with van der Waals surface area (Å²) in [5.74, 6) is 1.36. The summed E-state index contributed by atoms with van der Waals surface area (Å²) in [6.07, 6.45) is 6.96. The van der Waals surface area contributed by atoms with Crippen LogP contribution < -0.4 is 5.32 Å². The van der Waals surface area contributed by atoms with Crippen LogP contribution in [0, 0.1) is 0 Å². The van der Waals surface area contributed by atoms with Gasteiger partial charge in [0, 0.05) is 64.7 Å². The monoisotopic (exact) mass is 390 g/mol. The molecule has 7 nitrogen and oxygen atoms in total. The van der Waals surface area contributed by atoms with E-state index in [1.807, 2.05) is 18.8 Å². The summed E-state index contributed by atoms with van der Waals surface area (Å²) in [4.78, 5) is 9.46. The number of aliphatic imine (C=N–C) groups is 1. The van der Waals surface area contributed by atoms with Crippen LogP contribution in [0.2, 0.25) is 0 Å². The number of nitrogens with one attached hydrogen (secondary N) is 1. The van der Waals surface area contributed by atoms with E-state index in [9.17, 15) is 0 Å². The van der Waals surface area contributed by atoms with Crippen molar-refractivity contribution in [3.63, 3.8) is 0 Å². The van der Waals surface area contributed by atoms with Gasteiger partial charge in [-0.3, -0.25) is 14.6 Å². The van der Waals surface area contributed by atoms with Crippen molar-refractivity contribution in [3.8, 4) is 0 Å². The van der Waals surface area contributed by atoms with Crippen LogP contribution in [-0.2, 0) is 18.3 Å². The van der Waals surface area contributed by atoms with E-state index in [-0.39, 0.29) is 5.54 Å². The van der Waals surface area contributed by atoms with Crippen LogP contribution >= 0.6 is 0 Å². The van der Waals surface area contributed by atoms with E-state index in [1.54, 1.807) is 0 Å². The molecule has 2 fully saturated rings. The highest BCUT2D eigenvalue weighted by atomic mass is 16.5. The first kappa shape index (κ1) is 21.1. The number of aryl methyl sites for hydroxylation is 1. The van der Waals surface area contributed by atoms with Gasteiger partial charge >= 0.3 is 0 Å². The van der Waals surface area contributed by atoms with Crippen molar-refractivity contribution in [1.29, 1.82) is 0 Å². The average Bonchev–Trinajstić information content (AvgIpc) is 3.33. The zero-order chi connectivity index (χ0) is 20.1. The number of hydrogen-bond donors (Lipinski definition) is 1. The van der Waals surface area contributed by atoms with Crippen LogP contribution in [0.25, 0.3) is 0 Å².